The average molecular weight is 1470 g/mol. The first-order valence-electron chi connectivity index (χ1n) is 39.8. The molecule has 0 aromatic carbocycles. The van der Waals surface area contributed by atoms with Gasteiger partial charge >= 0.3 is 39.5 Å². The van der Waals surface area contributed by atoms with Gasteiger partial charge in [0, 0.05) is 25.7 Å². The standard InChI is InChI=1S/C83H142O17P2/c1-5-9-13-17-21-25-29-33-36-38-41-44-47-51-55-59-63-67-80(85)93-73-78(99-82(87)69-65-61-57-53-49-43-32-28-24-20-16-12-8-4)75-97-101(89,90)95-71-77(84)72-96-102(91,92)98-76-79(100-83(88)70-66-62-58-54-50-46-40-35-31-27-23-19-15-11-7-3)74-94-81(86)68-64-60-56-52-48-45-42-39-37-34-30-26-22-18-14-10-6-2/h9-11,13-15,21-23,25-27,33-37,40-41,44,77-79,84H,5-8,12,16-20,24,28-32,38-39,42-43,45-76H2,1-4H3,(H,89,90)(H,91,92)/b13-9-,14-10-,15-11-,25-21-,26-22-,27-23-,36-33-,37-34-,40-35-,44-41-. The zero-order valence-electron chi connectivity index (χ0n) is 64.0. The number of hydrogen-bond acceptors (Lipinski definition) is 15. The molecule has 102 heavy (non-hydrogen) atoms. The maximum Gasteiger partial charge on any atom is 0.472 e. The van der Waals surface area contributed by atoms with Crippen molar-refractivity contribution in [3.63, 3.8) is 0 Å². The number of ether oxygens (including phenoxy) is 4. The molecule has 0 spiro atoms. The van der Waals surface area contributed by atoms with E-state index >= 15 is 0 Å². The lowest BCUT2D eigenvalue weighted by molar-refractivity contribution is -0.161. The Labute approximate surface area is 619 Å². The van der Waals surface area contributed by atoms with Crippen molar-refractivity contribution in [3.8, 4) is 0 Å². The van der Waals surface area contributed by atoms with E-state index in [0.29, 0.717) is 25.7 Å². The van der Waals surface area contributed by atoms with Gasteiger partial charge < -0.3 is 33.8 Å². The van der Waals surface area contributed by atoms with Gasteiger partial charge in [-0.15, -0.1) is 0 Å². The van der Waals surface area contributed by atoms with Gasteiger partial charge in [0.25, 0.3) is 0 Å². The van der Waals surface area contributed by atoms with Gasteiger partial charge in [-0.05, 0) is 128 Å². The maximum atomic E-state index is 13.1. The fourth-order valence-corrected chi connectivity index (χ4v) is 12.1. The molecule has 0 aromatic rings. The van der Waals surface area contributed by atoms with Crippen molar-refractivity contribution in [2.75, 3.05) is 39.6 Å². The highest BCUT2D eigenvalue weighted by atomic mass is 31.2. The molecule has 5 atom stereocenters. The fraction of sp³-hybridized carbons (Fsp3) is 0.711. The second-order valence-electron chi connectivity index (χ2n) is 26.2. The van der Waals surface area contributed by atoms with Gasteiger partial charge in [0.1, 0.15) is 19.3 Å². The number of carbonyl (C=O) groups excluding carboxylic acids is 4. The highest BCUT2D eigenvalue weighted by Crippen LogP contribution is 2.45. The van der Waals surface area contributed by atoms with E-state index < -0.39 is 97.5 Å². The smallest absolute Gasteiger partial charge is 0.462 e. The highest BCUT2D eigenvalue weighted by molar-refractivity contribution is 7.47. The van der Waals surface area contributed by atoms with E-state index in [0.717, 1.165) is 193 Å². The molecule has 0 amide bonds. The lowest BCUT2D eigenvalue weighted by Gasteiger charge is -2.21. The van der Waals surface area contributed by atoms with E-state index in [9.17, 15) is 43.2 Å². The SMILES string of the molecule is CC/C=C\C/C=C\C/C=C\C/C=C\CCCCCCC(=O)OCC(COP(=O)(O)OCC(O)COP(=O)(O)OCC(COC(=O)CCCCCCCCC/C=C\C/C=C\C/C=C\CC)OC(=O)CCCCCCC/C=C\C/C=C\C/C=C\CC)OC(=O)CCCCCCCCCCCCCCC. The van der Waals surface area contributed by atoms with Gasteiger partial charge in [-0.25, -0.2) is 9.13 Å². The molecule has 0 saturated carbocycles. The van der Waals surface area contributed by atoms with Crippen molar-refractivity contribution in [1.29, 1.82) is 0 Å². The number of aliphatic hydroxyl groups excluding tert-OH is 1. The zero-order valence-corrected chi connectivity index (χ0v) is 65.8. The summed E-state index contributed by atoms with van der Waals surface area (Å²) in [6, 6.07) is 0. The molecule has 0 bridgehead atoms. The Kier molecular flexibility index (Phi) is 71.4. The summed E-state index contributed by atoms with van der Waals surface area (Å²) >= 11 is 0. The quantitative estimate of drug-likeness (QED) is 0.0169. The highest BCUT2D eigenvalue weighted by Gasteiger charge is 2.30. The summed E-state index contributed by atoms with van der Waals surface area (Å²) < 4.78 is 68.6. The normalized spacial score (nSPS) is 14.5. The van der Waals surface area contributed by atoms with E-state index in [-0.39, 0.29) is 25.7 Å². The predicted octanol–water partition coefficient (Wildman–Crippen LogP) is 23.1. The molecule has 0 aliphatic carbocycles. The second kappa shape index (κ2) is 74.7. The van der Waals surface area contributed by atoms with Gasteiger partial charge in [0.05, 0.1) is 26.4 Å². The van der Waals surface area contributed by atoms with Crippen LogP contribution in [0.15, 0.2) is 122 Å². The molecule has 17 nitrogen and oxygen atoms in total. The lowest BCUT2D eigenvalue weighted by atomic mass is 10.0. The number of phosphoric ester groups is 2. The third kappa shape index (κ3) is 73.8. The third-order valence-corrected chi connectivity index (χ3v) is 18.3. The van der Waals surface area contributed by atoms with Crippen LogP contribution in [0, 0.1) is 0 Å². The Morgan fingerprint density at radius 1 is 0.284 bits per heavy atom. The van der Waals surface area contributed by atoms with E-state index in [1.807, 2.05) is 0 Å². The topological polar surface area (TPSA) is 237 Å². The van der Waals surface area contributed by atoms with Crippen LogP contribution in [0.5, 0.6) is 0 Å². The van der Waals surface area contributed by atoms with Gasteiger partial charge in [-0.1, -0.05) is 290 Å². The molecule has 5 unspecified atom stereocenters. The van der Waals surface area contributed by atoms with E-state index in [4.69, 9.17) is 37.0 Å². The molecule has 0 rings (SSSR count). The monoisotopic (exact) mass is 1470 g/mol. The molecule has 0 fully saturated rings. The summed E-state index contributed by atoms with van der Waals surface area (Å²) in [5.41, 5.74) is 0. The van der Waals surface area contributed by atoms with E-state index in [1.54, 1.807) is 0 Å². The molecule has 0 aromatic heterocycles. The van der Waals surface area contributed by atoms with Gasteiger partial charge in [-0.2, -0.15) is 0 Å². The second-order valence-corrected chi connectivity index (χ2v) is 29.1. The summed E-state index contributed by atoms with van der Waals surface area (Å²) in [4.78, 5) is 73.0. The molecule has 586 valence electrons. The molecule has 0 heterocycles. The molecule has 0 aliphatic heterocycles. The first kappa shape index (κ1) is 97.5. The first-order chi connectivity index (χ1) is 49.7. The number of carbonyl (C=O) groups is 4. The van der Waals surface area contributed by atoms with Crippen LogP contribution < -0.4 is 0 Å². The number of rotatable bonds is 74. The summed E-state index contributed by atoms with van der Waals surface area (Å²) in [6.45, 7) is 4.51. The molecular formula is C83H142O17P2. The molecule has 19 heteroatoms. The zero-order chi connectivity index (χ0) is 74.6. The number of allylic oxidation sites excluding steroid dienone is 20. The molecular weight excluding hydrogens is 1330 g/mol. The summed E-state index contributed by atoms with van der Waals surface area (Å²) in [5, 5.41) is 10.6. The molecule has 3 N–H and O–H groups in total. The van der Waals surface area contributed by atoms with Crippen LogP contribution in [0.2, 0.25) is 0 Å². The maximum absolute atomic E-state index is 13.1. The van der Waals surface area contributed by atoms with Gasteiger partial charge in [-0.3, -0.25) is 37.3 Å². The molecule has 0 aliphatic rings. The minimum absolute atomic E-state index is 0.0713. The number of esters is 4. The van der Waals surface area contributed by atoms with Crippen LogP contribution in [0.4, 0.5) is 0 Å². The van der Waals surface area contributed by atoms with Crippen LogP contribution in [0.3, 0.4) is 0 Å². The van der Waals surface area contributed by atoms with E-state index in [2.05, 4.69) is 149 Å². The van der Waals surface area contributed by atoms with Crippen molar-refractivity contribution in [3.05, 3.63) is 122 Å². The van der Waals surface area contributed by atoms with Crippen molar-refractivity contribution < 1.29 is 80.2 Å². The van der Waals surface area contributed by atoms with Crippen molar-refractivity contribution in [2.45, 2.75) is 341 Å². The van der Waals surface area contributed by atoms with Crippen LogP contribution in [-0.2, 0) is 65.4 Å². The third-order valence-electron chi connectivity index (χ3n) is 16.4. The Hall–Kier alpha value is -4.54. The predicted molar refractivity (Wildman–Crippen MR) is 418 cm³/mol. The Morgan fingerprint density at radius 2 is 0.510 bits per heavy atom. The van der Waals surface area contributed by atoms with E-state index in [1.165, 1.54) is 51.4 Å². The Balaban J connectivity index is 5.38. The summed E-state index contributed by atoms with van der Waals surface area (Å²) in [7, 11) is -9.97. The number of hydrogen-bond donors (Lipinski definition) is 3. The van der Waals surface area contributed by atoms with Crippen molar-refractivity contribution >= 4 is 39.5 Å². The Bertz CT molecular complexity index is 2410. The summed E-state index contributed by atoms with van der Waals surface area (Å²) in [6.07, 6.45) is 81.7. The summed E-state index contributed by atoms with van der Waals surface area (Å²) in [5.74, 6) is -2.22. The largest absolute Gasteiger partial charge is 0.472 e. The first-order valence-corrected chi connectivity index (χ1v) is 42.8. The average Bonchev–Trinajstić information content (AvgIpc) is 0.908. The fourth-order valence-electron chi connectivity index (χ4n) is 10.5. The van der Waals surface area contributed by atoms with Crippen LogP contribution in [0.25, 0.3) is 0 Å². The number of aliphatic hydroxyl groups is 1. The number of phosphoric acid groups is 2. The molecule has 0 radical (unpaired) electrons. The minimum atomic E-state index is -4.99. The Morgan fingerprint density at radius 3 is 0.784 bits per heavy atom. The lowest BCUT2D eigenvalue weighted by Crippen LogP contribution is -2.30. The van der Waals surface area contributed by atoms with Gasteiger partial charge in [0.2, 0.25) is 0 Å². The van der Waals surface area contributed by atoms with Crippen LogP contribution in [0.1, 0.15) is 323 Å². The van der Waals surface area contributed by atoms with Crippen LogP contribution in [-0.4, -0.2) is 96.7 Å². The van der Waals surface area contributed by atoms with Gasteiger partial charge in [0.15, 0.2) is 12.2 Å². The van der Waals surface area contributed by atoms with Crippen LogP contribution >= 0.6 is 15.6 Å². The number of unbranched alkanes of at least 4 members (excludes halogenated alkanes) is 28. The molecule has 0 saturated heterocycles. The van der Waals surface area contributed by atoms with Crippen molar-refractivity contribution in [1.82, 2.24) is 0 Å². The van der Waals surface area contributed by atoms with Crippen molar-refractivity contribution in [2.24, 2.45) is 0 Å². The minimum Gasteiger partial charge on any atom is -0.462 e.